The highest BCUT2D eigenvalue weighted by molar-refractivity contribution is 9.09. The summed E-state index contributed by atoms with van der Waals surface area (Å²) in [7, 11) is 0. The van der Waals surface area contributed by atoms with E-state index in [1.807, 2.05) is 6.92 Å². The number of halogens is 1. The molecule has 0 spiro atoms. The van der Waals surface area contributed by atoms with Gasteiger partial charge in [0.2, 0.25) is 0 Å². The third-order valence-electron chi connectivity index (χ3n) is 2.14. The highest BCUT2D eigenvalue weighted by Gasteiger charge is 2.13. The summed E-state index contributed by atoms with van der Waals surface area (Å²) in [4.78, 5) is 10.5. The monoisotopic (exact) mass is 287 g/mol. The number of rotatable bonds is 6. The Balaban J connectivity index is 2.95. The number of ether oxygens (including phenoxy) is 1. The lowest BCUT2D eigenvalue weighted by Gasteiger charge is -2.06. The van der Waals surface area contributed by atoms with E-state index in [4.69, 9.17) is 4.74 Å². The number of hydrogen-bond acceptors (Lipinski definition) is 3. The van der Waals surface area contributed by atoms with Gasteiger partial charge < -0.3 is 4.74 Å². The molecule has 1 aromatic rings. The largest absolute Gasteiger partial charge is 0.494 e. The molecule has 0 fully saturated rings. The second kappa shape index (κ2) is 6.48. The lowest BCUT2D eigenvalue weighted by molar-refractivity contribution is -0.385. The Morgan fingerprint density at radius 2 is 2.25 bits per heavy atom. The normalized spacial score (nSPS) is 10.1. The quantitative estimate of drug-likeness (QED) is 0.458. The van der Waals surface area contributed by atoms with Crippen molar-refractivity contribution < 1.29 is 9.66 Å². The van der Waals surface area contributed by atoms with Gasteiger partial charge in [0.05, 0.1) is 11.5 Å². The van der Waals surface area contributed by atoms with Crippen molar-refractivity contribution in [3.8, 4) is 5.75 Å². The predicted molar refractivity (Wildman–Crippen MR) is 66.4 cm³/mol. The van der Waals surface area contributed by atoms with Crippen LogP contribution in [0.1, 0.15) is 18.9 Å². The van der Waals surface area contributed by atoms with Crippen LogP contribution in [0.4, 0.5) is 5.69 Å². The van der Waals surface area contributed by atoms with Crippen LogP contribution in [0.5, 0.6) is 5.75 Å². The molecule has 0 bridgehead atoms. The minimum absolute atomic E-state index is 0.171. The zero-order valence-corrected chi connectivity index (χ0v) is 10.7. The van der Waals surface area contributed by atoms with Gasteiger partial charge in [-0.05, 0) is 31.9 Å². The van der Waals surface area contributed by atoms with Gasteiger partial charge in [-0.25, -0.2) is 0 Å². The summed E-state index contributed by atoms with van der Waals surface area (Å²) < 4.78 is 5.33. The molecule has 0 aromatic heterocycles. The Labute approximate surface area is 103 Å². The Morgan fingerprint density at radius 3 is 2.81 bits per heavy atom. The molecule has 0 aliphatic rings. The van der Waals surface area contributed by atoms with Crippen molar-refractivity contribution in [2.24, 2.45) is 0 Å². The van der Waals surface area contributed by atoms with E-state index in [0.29, 0.717) is 18.8 Å². The summed E-state index contributed by atoms with van der Waals surface area (Å²) in [5.74, 6) is 0.692. The number of nitro benzene ring substituents is 1. The molecule has 0 aliphatic carbocycles. The number of alkyl halides is 1. The highest BCUT2D eigenvalue weighted by atomic mass is 79.9. The average molecular weight is 288 g/mol. The second-order valence-corrected chi connectivity index (χ2v) is 4.07. The van der Waals surface area contributed by atoms with Crippen LogP contribution in [0.15, 0.2) is 18.2 Å². The Morgan fingerprint density at radius 1 is 1.50 bits per heavy atom. The molecular weight excluding hydrogens is 274 g/mol. The molecule has 4 nitrogen and oxygen atoms in total. The van der Waals surface area contributed by atoms with E-state index in [1.165, 1.54) is 6.07 Å². The van der Waals surface area contributed by atoms with Crippen LogP contribution >= 0.6 is 15.9 Å². The van der Waals surface area contributed by atoms with Crippen molar-refractivity contribution in [1.82, 2.24) is 0 Å². The van der Waals surface area contributed by atoms with E-state index in [0.717, 1.165) is 17.3 Å². The van der Waals surface area contributed by atoms with Gasteiger partial charge in [0.25, 0.3) is 5.69 Å². The summed E-state index contributed by atoms with van der Waals surface area (Å²) in [6.07, 6.45) is 1.55. The highest BCUT2D eigenvalue weighted by Crippen LogP contribution is 2.25. The minimum Gasteiger partial charge on any atom is -0.494 e. The first-order valence-electron chi connectivity index (χ1n) is 5.15. The number of benzene rings is 1. The molecule has 88 valence electrons. The minimum atomic E-state index is -0.348. The first-order valence-corrected chi connectivity index (χ1v) is 6.27. The van der Waals surface area contributed by atoms with Gasteiger partial charge in [-0.3, -0.25) is 10.1 Å². The van der Waals surface area contributed by atoms with Crippen LogP contribution in [0.2, 0.25) is 0 Å². The molecule has 1 aromatic carbocycles. The molecule has 0 saturated carbocycles. The van der Waals surface area contributed by atoms with Crippen molar-refractivity contribution in [2.45, 2.75) is 19.8 Å². The zero-order chi connectivity index (χ0) is 12.0. The van der Waals surface area contributed by atoms with E-state index < -0.39 is 0 Å². The molecule has 0 heterocycles. The van der Waals surface area contributed by atoms with Gasteiger partial charge >= 0.3 is 0 Å². The number of nitro groups is 1. The summed E-state index contributed by atoms with van der Waals surface area (Å²) >= 11 is 3.32. The van der Waals surface area contributed by atoms with Crippen LogP contribution in [-0.2, 0) is 6.42 Å². The smallest absolute Gasteiger partial charge is 0.272 e. The van der Waals surface area contributed by atoms with Crippen LogP contribution < -0.4 is 4.74 Å². The fourth-order valence-electron chi connectivity index (χ4n) is 1.45. The zero-order valence-electron chi connectivity index (χ0n) is 9.11. The standard InChI is InChI=1S/C11H14BrNO3/c1-2-16-10-5-6-11(13(14)15)9(8-10)4-3-7-12/h5-6,8H,2-4,7H2,1H3. The van der Waals surface area contributed by atoms with Crippen molar-refractivity contribution in [2.75, 3.05) is 11.9 Å². The Kier molecular flexibility index (Phi) is 5.25. The molecule has 16 heavy (non-hydrogen) atoms. The first-order chi connectivity index (χ1) is 7.69. The van der Waals surface area contributed by atoms with Crippen molar-refractivity contribution in [3.63, 3.8) is 0 Å². The van der Waals surface area contributed by atoms with Crippen LogP contribution in [0, 0.1) is 10.1 Å². The third kappa shape index (κ3) is 3.48. The SMILES string of the molecule is CCOc1ccc([N+](=O)[O-])c(CCCBr)c1. The maximum atomic E-state index is 10.8. The molecule has 0 N–H and O–H groups in total. The maximum absolute atomic E-state index is 10.8. The van der Waals surface area contributed by atoms with E-state index in [9.17, 15) is 10.1 Å². The van der Waals surface area contributed by atoms with Gasteiger partial charge in [0, 0.05) is 17.0 Å². The molecule has 0 aliphatic heterocycles. The van der Waals surface area contributed by atoms with Crippen molar-refractivity contribution >= 4 is 21.6 Å². The predicted octanol–water partition coefficient (Wildman–Crippen LogP) is 3.32. The first kappa shape index (κ1) is 13.0. The fourth-order valence-corrected chi connectivity index (χ4v) is 1.73. The number of aryl methyl sites for hydroxylation is 1. The van der Waals surface area contributed by atoms with E-state index >= 15 is 0 Å². The summed E-state index contributed by atoms with van der Waals surface area (Å²) in [5, 5.41) is 11.6. The van der Waals surface area contributed by atoms with Crippen LogP contribution in [0.3, 0.4) is 0 Å². The molecular formula is C11H14BrNO3. The Bertz CT molecular complexity index is 368. The van der Waals surface area contributed by atoms with Crippen LogP contribution in [0.25, 0.3) is 0 Å². The van der Waals surface area contributed by atoms with E-state index in [1.54, 1.807) is 12.1 Å². The van der Waals surface area contributed by atoms with E-state index in [-0.39, 0.29) is 10.6 Å². The topological polar surface area (TPSA) is 52.4 Å². The van der Waals surface area contributed by atoms with Crippen molar-refractivity contribution in [3.05, 3.63) is 33.9 Å². The maximum Gasteiger partial charge on any atom is 0.272 e. The second-order valence-electron chi connectivity index (χ2n) is 3.27. The molecule has 0 saturated heterocycles. The molecule has 1 rings (SSSR count). The van der Waals surface area contributed by atoms with Gasteiger partial charge in [-0.1, -0.05) is 15.9 Å². The molecule has 0 atom stereocenters. The van der Waals surface area contributed by atoms with Gasteiger partial charge in [-0.15, -0.1) is 0 Å². The van der Waals surface area contributed by atoms with Gasteiger partial charge in [0.1, 0.15) is 5.75 Å². The molecule has 5 heteroatoms. The van der Waals surface area contributed by atoms with Crippen molar-refractivity contribution in [1.29, 1.82) is 0 Å². The van der Waals surface area contributed by atoms with Gasteiger partial charge in [-0.2, -0.15) is 0 Å². The van der Waals surface area contributed by atoms with E-state index in [2.05, 4.69) is 15.9 Å². The summed E-state index contributed by atoms with van der Waals surface area (Å²) in [6.45, 7) is 2.45. The lowest BCUT2D eigenvalue weighted by Crippen LogP contribution is -1.98. The molecule has 0 radical (unpaired) electrons. The Hall–Kier alpha value is -1.10. The molecule has 0 unspecified atom stereocenters. The third-order valence-corrected chi connectivity index (χ3v) is 2.70. The van der Waals surface area contributed by atoms with Crippen LogP contribution in [-0.4, -0.2) is 16.9 Å². The summed E-state index contributed by atoms with van der Waals surface area (Å²) in [5.41, 5.74) is 0.903. The number of nitrogens with zero attached hydrogens (tertiary/aromatic N) is 1. The lowest BCUT2D eigenvalue weighted by atomic mass is 10.1. The number of hydrogen-bond donors (Lipinski definition) is 0. The average Bonchev–Trinajstić information content (AvgIpc) is 2.26. The van der Waals surface area contributed by atoms with Gasteiger partial charge in [0.15, 0.2) is 0 Å². The fraction of sp³-hybridized carbons (Fsp3) is 0.455. The summed E-state index contributed by atoms with van der Waals surface area (Å²) in [6, 6.07) is 4.90. The molecule has 0 amide bonds.